The van der Waals surface area contributed by atoms with E-state index in [1.807, 2.05) is 0 Å². The first-order valence-electron chi connectivity index (χ1n) is 8.31. The minimum atomic E-state index is -1.43. The molecule has 0 aliphatic heterocycles. The summed E-state index contributed by atoms with van der Waals surface area (Å²) in [6, 6.07) is 3.97. The maximum atomic E-state index is 12.2. The third-order valence-electron chi connectivity index (χ3n) is 3.82. The Morgan fingerprint density at radius 3 is 2.43 bits per heavy atom. The largest absolute Gasteiger partial charge is 0.439 e. The standard InChI is InChI=1S/C17H15Cl2N5O6/c1-17(2,28)8-6-11(22-24(3)15(8)26)29-12-9(18)4-7(5-10(12)19)20-14(25)13-21-16(27)30-23-13/h4-6,28H,1-3H3,(H,20,25)(H,21,23,27). The number of ether oxygens (including phenoxy) is 1. The van der Waals surface area contributed by atoms with Crippen LogP contribution in [0.5, 0.6) is 11.6 Å². The van der Waals surface area contributed by atoms with Gasteiger partial charge in [0.15, 0.2) is 5.75 Å². The number of anilines is 1. The summed E-state index contributed by atoms with van der Waals surface area (Å²) in [6.45, 7) is 2.90. The number of aromatic nitrogens is 4. The second-order valence-corrected chi connectivity index (χ2v) is 7.47. The highest BCUT2D eigenvalue weighted by Crippen LogP contribution is 2.38. The predicted octanol–water partition coefficient (Wildman–Crippen LogP) is 2.04. The van der Waals surface area contributed by atoms with Crippen molar-refractivity contribution in [3.05, 3.63) is 60.5 Å². The van der Waals surface area contributed by atoms with Gasteiger partial charge in [-0.25, -0.2) is 9.48 Å². The smallest absolute Gasteiger partial charge is 0.434 e. The van der Waals surface area contributed by atoms with Gasteiger partial charge in [-0.15, -0.1) is 5.10 Å². The van der Waals surface area contributed by atoms with Crippen molar-refractivity contribution in [1.29, 1.82) is 0 Å². The molecule has 13 heteroatoms. The number of benzene rings is 1. The van der Waals surface area contributed by atoms with Crippen LogP contribution in [-0.4, -0.2) is 30.9 Å². The molecule has 0 atom stereocenters. The van der Waals surface area contributed by atoms with Crippen LogP contribution in [0.2, 0.25) is 10.0 Å². The van der Waals surface area contributed by atoms with E-state index in [9.17, 15) is 19.5 Å². The molecule has 2 heterocycles. The molecular weight excluding hydrogens is 441 g/mol. The number of H-pyrrole nitrogens is 1. The fraction of sp³-hybridized carbons (Fsp3) is 0.235. The number of carbonyl (C=O) groups is 1. The van der Waals surface area contributed by atoms with Gasteiger partial charge in [0.1, 0.15) is 0 Å². The molecule has 2 aromatic heterocycles. The van der Waals surface area contributed by atoms with Crippen molar-refractivity contribution in [3.8, 4) is 11.6 Å². The van der Waals surface area contributed by atoms with Gasteiger partial charge in [-0.1, -0.05) is 23.2 Å². The fourth-order valence-electron chi connectivity index (χ4n) is 2.42. The van der Waals surface area contributed by atoms with Gasteiger partial charge >= 0.3 is 5.76 Å². The second kappa shape index (κ2) is 7.94. The van der Waals surface area contributed by atoms with Crippen LogP contribution in [0.15, 0.2) is 32.3 Å². The summed E-state index contributed by atoms with van der Waals surface area (Å²) in [5, 5.41) is 19.9. The molecule has 0 unspecified atom stereocenters. The lowest BCUT2D eigenvalue weighted by molar-refractivity contribution is 0.0758. The van der Waals surface area contributed by atoms with Gasteiger partial charge in [-0.2, -0.15) is 0 Å². The van der Waals surface area contributed by atoms with Crippen LogP contribution in [0.1, 0.15) is 30.0 Å². The van der Waals surface area contributed by atoms with E-state index in [1.54, 1.807) is 0 Å². The van der Waals surface area contributed by atoms with Gasteiger partial charge in [0.2, 0.25) is 11.7 Å². The number of nitrogens with zero attached hydrogens (tertiary/aromatic N) is 3. The Kier molecular flexibility index (Phi) is 5.70. The van der Waals surface area contributed by atoms with Crippen LogP contribution >= 0.6 is 23.2 Å². The summed E-state index contributed by atoms with van der Waals surface area (Å²) in [5.74, 6) is -1.98. The number of amides is 1. The van der Waals surface area contributed by atoms with Crippen molar-refractivity contribution >= 4 is 34.8 Å². The lowest BCUT2D eigenvalue weighted by atomic mass is 10.0. The van der Waals surface area contributed by atoms with Crippen molar-refractivity contribution in [3.63, 3.8) is 0 Å². The third-order valence-corrected chi connectivity index (χ3v) is 4.38. The molecule has 30 heavy (non-hydrogen) atoms. The first-order chi connectivity index (χ1) is 14.0. The zero-order chi connectivity index (χ0) is 22.2. The molecule has 0 radical (unpaired) electrons. The number of hydrogen-bond acceptors (Lipinski definition) is 8. The molecule has 0 aliphatic carbocycles. The van der Waals surface area contributed by atoms with Gasteiger partial charge in [0, 0.05) is 18.8 Å². The number of nitrogens with one attached hydrogen (secondary N) is 2. The fourth-order valence-corrected chi connectivity index (χ4v) is 2.99. The molecule has 0 bridgehead atoms. The Balaban J connectivity index is 1.90. The highest BCUT2D eigenvalue weighted by atomic mass is 35.5. The minimum absolute atomic E-state index is 0.0130. The van der Waals surface area contributed by atoms with Crippen LogP contribution in [0.25, 0.3) is 0 Å². The molecular formula is C17H15Cl2N5O6. The quantitative estimate of drug-likeness (QED) is 0.528. The minimum Gasteiger partial charge on any atom is -0.434 e. The van der Waals surface area contributed by atoms with E-state index < -0.39 is 22.8 Å². The molecule has 158 valence electrons. The van der Waals surface area contributed by atoms with Gasteiger partial charge in [0.05, 0.1) is 21.2 Å². The molecule has 11 nitrogen and oxygen atoms in total. The van der Waals surface area contributed by atoms with Crippen LogP contribution in [0, 0.1) is 0 Å². The van der Waals surface area contributed by atoms with Gasteiger partial charge in [-0.05, 0) is 31.1 Å². The van der Waals surface area contributed by atoms with E-state index in [2.05, 4.69) is 25.1 Å². The van der Waals surface area contributed by atoms with Crippen LogP contribution in [0.3, 0.4) is 0 Å². The lowest BCUT2D eigenvalue weighted by Gasteiger charge is -2.18. The molecule has 0 saturated heterocycles. The summed E-state index contributed by atoms with van der Waals surface area (Å²) < 4.78 is 10.9. The van der Waals surface area contributed by atoms with Crippen LogP contribution < -0.4 is 21.4 Å². The zero-order valence-corrected chi connectivity index (χ0v) is 17.3. The maximum Gasteiger partial charge on any atom is 0.439 e. The number of carbonyl (C=O) groups excluding carboxylic acids is 1. The number of rotatable bonds is 5. The van der Waals surface area contributed by atoms with Gasteiger partial charge in [0.25, 0.3) is 11.5 Å². The molecule has 0 spiro atoms. The third kappa shape index (κ3) is 4.53. The van der Waals surface area contributed by atoms with Crippen molar-refractivity contribution in [2.45, 2.75) is 19.4 Å². The summed E-state index contributed by atoms with van der Waals surface area (Å²) in [5.41, 5.74) is -1.67. The molecule has 0 saturated carbocycles. The Hall–Kier alpha value is -3.15. The van der Waals surface area contributed by atoms with Crippen molar-refractivity contribution in [2.24, 2.45) is 7.05 Å². The monoisotopic (exact) mass is 455 g/mol. The van der Waals surface area contributed by atoms with Crippen molar-refractivity contribution in [2.75, 3.05) is 5.32 Å². The van der Waals surface area contributed by atoms with Crippen LogP contribution in [0.4, 0.5) is 5.69 Å². The number of aryl methyl sites for hydroxylation is 1. The summed E-state index contributed by atoms with van der Waals surface area (Å²) >= 11 is 12.4. The SMILES string of the molecule is Cn1nc(Oc2c(Cl)cc(NC(=O)c3noc(=O)[nH]3)cc2Cl)cc(C(C)(C)O)c1=O. The van der Waals surface area contributed by atoms with E-state index in [4.69, 9.17) is 27.9 Å². The average molecular weight is 456 g/mol. The topological polar surface area (TPSA) is 152 Å². The summed E-state index contributed by atoms with van der Waals surface area (Å²) in [4.78, 5) is 37.3. The molecule has 3 aromatic rings. The highest BCUT2D eigenvalue weighted by molar-refractivity contribution is 6.37. The zero-order valence-electron chi connectivity index (χ0n) is 15.8. The number of hydrogen-bond donors (Lipinski definition) is 3. The number of aliphatic hydroxyl groups is 1. The highest BCUT2D eigenvalue weighted by Gasteiger charge is 2.23. The Morgan fingerprint density at radius 1 is 1.27 bits per heavy atom. The molecule has 1 amide bonds. The molecule has 3 N–H and O–H groups in total. The number of aromatic amines is 1. The van der Waals surface area contributed by atoms with Gasteiger partial charge < -0.3 is 15.2 Å². The molecule has 0 fully saturated rings. The van der Waals surface area contributed by atoms with Crippen molar-refractivity contribution in [1.82, 2.24) is 19.9 Å². The first-order valence-corrected chi connectivity index (χ1v) is 9.06. The Labute approximate surface area is 178 Å². The second-order valence-electron chi connectivity index (χ2n) is 6.65. The summed E-state index contributed by atoms with van der Waals surface area (Å²) in [7, 11) is 1.40. The number of halogens is 2. The lowest BCUT2D eigenvalue weighted by Crippen LogP contribution is -2.32. The van der Waals surface area contributed by atoms with E-state index in [0.717, 1.165) is 4.68 Å². The van der Waals surface area contributed by atoms with E-state index in [0.29, 0.717) is 0 Å². The predicted molar refractivity (Wildman–Crippen MR) is 106 cm³/mol. The van der Waals surface area contributed by atoms with Crippen molar-refractivity contribution < 1.29 is 19.2 Å². The van der Waals surface area contributed by atoms with Gasteiger partial charge in [-0.3, -0.25) is 19.1 Å². The average Bonchev–Trinajstić information content (AvgIpc) is 3.06. The molecule has 1 aromatic carbocycles. The normalized spacial score (nSPS) is 11.4. The summed E-state index contributed by atoms with van der Waals surface area (Å²) in [6.07, 6.45) is 0. The first kappa shape index (κ1) is 21.6. The van der Waals surface area contributed by atoms with E-state index >= 15 is 0 Å². The Bertz CT molecular complexity index is 1220. The Morgan fingerprint density at radius 2 is 1.90 bits per heavy atom. The molecule has 3 rings (SSSR count). The molecule has 0 aliphatic rings. The van der Waals surface area contributed by atoms with E-state index in [1.165, 1.54) is 39.1 Å². The maximum absolute atomic E-state index is 12.2. The van der Waals surface area contributed by atoms with Crippen LogP contribution in [-0.2, 0) is 12.6 Å². The van der Waals surface area contributed by atoms with E-state index in [-0.39, 0.29) is 38.8 Å².